The Morgan fingerprint density at radius 2 is 1.67 bits per heavy atom. The maximum atomic E-state index is 12.9. The number of hydrogen-bond donors (Lipinski definition) is 1. The SMILES string of the molecule is O=C(NCCCS(=O)(=O)Cc1ccccc1)C(c1ccccc1)N1CCCCC1=O. The lowest BCUT2D eigenvalue weighted by atomic mass is 10.0. The van der Waals surface area contributed by atoms with Crippen LogP contribution in [0.5, 0.6) is 0 Å². The molecule has 1 aliphatic heterocycles. The fraction of sp³-hybridized carbons (Fsp3) is 0.391. The summed E-state index contributed by atoms with van der Waals surface area (Å²) in [5, 5.41) is 2.84. The highest BCUT2D eigenvalue weighted by Crippen LogP contribution is 2.25. The second kappa shape index (κ2) is 10.4. The van der Waals surface area contributed by atoms with E-state index >= 15 is 0 Å². The van der Waals surface area contributed by atoms with E-state index in [-0.39, 0.29) is 29.9 Å². The molecule has 30 heavy (non-hydrogen) atoms. The Balaban J connectivity index is 1.57. The molecule has 1 unspecified atom stereocenters. The predicted octanol–water partition coefficient (Wildman–Crippen LogP) is 2.86. The maximum absolute atomic E-state index is 12.9. The van der Waals surface area contributed by atoms with Crippen LogP contribution in [0, 0.1) is 0 Å². The van der Waals surface area contributed by atoms with Gasteiger partial charge in [0.05, 0.1) is 11.5 Å². The third-order valence-electron chi connectivity index (χ3n) is 5.20. The number of hydrogen-bond acceptors (Lipinski definition) is 4. The lowest BCUT2D eigenvalue weighted by Gasteiger charge is -2.34. The Hall–Kier alpha value is -2.67. The van der Waals surface area contributed by atoms with Gasteiger partial charge in [0.15, 0.2) is 9.84 Å². The Bertz CT molecular complexity index is 946. The topological polar surface area (TPSA) is 83.6 Å². The minimum absolute atomic E-state index is 0.000816. The molecule has 1 heterocycles. The second-order valence-corrected chi connectivity index (χ2v) is 9.76. The molecule has 2 aromatic carbocycles. The molecule has 0 aliphatic carbocycles. The third-order valence-corrected chi connectivity index (χ3v) is 6.88. The molecule has 1 aliphatic rings. The molecule has 0 radical (unpaired) electrons. The first-order valence-corrected chi connectivity index (χ1v) is 12.1. The molecule has 1 N–H and O–H groups in total. The van der Waals surface area contributed by atoms with E-state index in [2.05, 4.69) is 5.32 Å². The van der Waals surface area contributed by atoms with E-state index in [1.165, 1.54) is 0 Å². The van der Waals surface area contributed by atoms with Gasteiger partial charge in [-0.1, -0.05) is 60.7 Å². The van der Waals surface area contributed by atoms with E-state index in [0.717, 1.165) is 24.0 Å². The molecule has 2 aromatic rings. The smallest absolute Gasteiger partial charge is 0.247 e. The molecule has 7 heteroatoms. The molecular weight excluding hydrogens is 400 g/mol. The highest BCUT2D eigenvalue weighted by Gasteiger charge is 2.32. The van der Waals surface area contributed by atoms with Crippen molar-refractivity contribution in [3.05, 3.63) is 71.8 Å². The lowest BCUT2D eigenvalue weighted by Crippen LogP contribution is -2.46. The number of carbonyl (C=O) groups is 2. The van der Waals surface area contributed by atoms with Crippen molar-refractivity contribution in [1.29, 1.82) is 0 Å². The molecule has 3 rings (SSSR count). The zero-order valence-electron chi connectivity index (χ0n) is 17.0. The van der Waals surface area contributed by atoms with Crippen molar-refractivity contribution < 1.29 is 18.0 Å². The van der Waals surface area contributed by atoms with Gasteiger partial charge in [0, 0.05) is 19.5 Å². The van der Waals surface area contributed by atoms with Crippen LogP contribution < -0.4 is 5.32 Å². The summed E-state index contributed by atoms with van der Waals surface area (Å²) in [6, 6.07) is 17.6. The van der Waals surface area contributed by atoms with Crippen LogP contribution in [0.25, 0.3) is 0 Å². The summed E-state index contributed by atoms with van der Waals surface area (Å²) < 4.78 is 24.6. The van der Waals surface area contributed by atoms with Crippen molar-refractivity contribution in [2.24, 2.45) is 0 Å². The highest BCUT2D eigenvalue weighted by atomic mass is 32.2. The van der Waals surface area contributed by atoms with E-state index < -0.39 is 15.9 Å². The largest absolute Gasteiger partial charge is 0.354 e. The van der Waals surface area contributed by atoms with Crippen molar-refractivity contribution in [3.63, 3.8) is 0 Å². The molecule has 6 nitrogen and oxygen atoms in total. The molecule has 0 spiro atoms. The van der Waals surface area contributed by atoms with Gasteiger partial charge in [-0.3, -0.25) is 9.59 Å². The van der Waals surface area contributed by atoms with E-state index in [4.69, 9.17) is 0 Å². The summed E-state index contributed by atoms with van der Waals surface area (Å²) >= 11 is 0. The number of nitrogens with one attached hydrogen (secondary N) is 1. The Labute approximate surface area is 178 Å². The molecule has 1 saturated heterocycles. The number of nitrogens with zero attached hydrogens (tertiary/aromatic N) is 1. The zero-order chi connectivity index (χ0) is 21.4. The molecule has 160 valence electrons. The van der Waals surface area contributed by atoms with Crippen molar-refractivity contribution in [2.45, 2.75) is 37.5 Å². The molecule has 1 atom stereocenters. The van der Waals surface area contributed by atoms with Gasteiger partial charge in [0.1, 0.15) is 6.04 Å². The Morgan fingerprint density at radius 1 is 1.00 bits per heavy atom. The normalized spacial score (nSPS) is 15.6. The summed E-state index contributed by atoms with van der Waals surface area (Å²) in [5.74, 6) is -0.287. The zero-order valence-corrected chi connectivity index (χ0v) is 17.8. The van der Waals surface area contributed by atoms with Crippen molar-refractivity contribution in [3.8, 4) is 0 Å². The van der Waals surface area contributed by atoms with Crippen LogP contribution in [0.2, 0.25) is 0 Å². The highest BCUT2D eigenvalue weighted by molar-refractivity contribution is 7.90. The number of likely N-dealkylation sites (tertiary alicyclic amines) is 1. The van der Waals surface area contributed by atoms with Gasteiger partial charge >= 0.3 is 0 Å². The first kappa shape index (κ1) is 22.0. The Kier molecular flexibility index (Phi) is 7.63. The quantitative estimate of drug-likeness (QED) is 0.623. The summed E-state index contributed by atoms with van der Waals surface area (Å²) in [6.07, 6.45) is 2.50. The first-order chi connectivity index (χ1) is 14.5. The number of rotatable bonds is 9. The van der Waals surface area contributed by atoms with Crippen LogP contribution in [-0.2, 0) is 25.2 Å². The van der Waals surface area contributed by atoms with Gasteiger partial charge in [0.25, 0.3) is 0 Å². The second-order valence-electron chi connectivity index (χ2n) is 7.58. The molecule has 2 amide bonds. The van der Waals surface area contributed by atoms with Gasteiger partial charge in [-0.2, -0.15) is 0 Å². The maximum Gasteiger partial charge on any atom is 0.247 e. The van der Waals surface area contributed by atoms with Crippen LogP contribution in [0.1, 0.15) is 42.9 Å². The van der Waals surface area contributed by atoms with Crippen LogP contribution >= 0.6 is 0 Å². The summed E-state index contributed by atoms with van der Waals surface area (Å²) in [6.45, 7) is 0.801. The van der Waals surface area contributed by atoms with E-state index in [1.54, 1.807) is 17.0 Å². The number of benzene rings is 2. The average Bonchev–Trinajstić information content (AvgIpc) is 2.74. The molecule has 0 aromatic heterocycles. The van der Waals surface area contributed by atoms with Crippen LogP contribution in [0.15, 0.2) is 60.7 Å². The molecule has 1 fully saturated rings. The summed E-state index contributed by atoms with van der Waals surface area (Å²) in [4.78, 5) is 27.0. The number of carbonyl (C=O) groups excluding carboxylic acids is 2. The van der Waals surface area contributed by atoms with Crippen LogP contribution in [0.3, 0.4) is 0 Å². The monoisotopic (exact) mass is 428 g/mol. The van der Waals surface area contributed by atoms with Crippen molar-refractivity contribution >= 4 is 21.7 Å². The van der Waals surface area contributed by atoms with E-state index in [1.807, 2.05) is 48.5 Å². The van der Waals surface area contributed by atoms with Gasteiger partial charge < -0.3 is 10.2 Å². The van der Waals surface area contributed by atoms with Gasteiger partial charge in [-0.25, -0.2) is 8.42 Å². The lowest BCUT2D eigenvalue weighted by molar-refractivity contribution is -0.142. The minimum Gasteiger partial charge on any atom is -0.354 e. The Morgan fingerprint density at radius 3 is 2.33 bits per heavy atom. The summed E-state index contributed by atoms with van der Waals surface area (Å²) in [5.41, 5.74) is 1.52. The first-order valence-electron chi connectivity index (χ1n) is 10.3. The van der Waals surface area contributed by atoms with Gasteiger partial charge in [-0.15, -0.1) is 0 Å². The van der Waals surface area contributed by atoms with E-state index in [9.17, 15) is 18.0 Å². The molecule has 0 saturated carbocycles. The third kappa shape index (κ3) is 6.16. The standard InChI is InChI=1S/C23H28N2O4S/c26-21-14-7-8-16-25(21)22(20-12-5-2-6-13-20)23(27)24-15-9-17-30(28,29)18-19-10-3-1-4-11-19/h1-6,10-13,22H,7-9,14-18H2,(H,24,27). The van der Waals surface area contributed by atoms with Gasteiger partial charge in [-0.05, 0) is 30.4 Å². The predicted molar refractivity (Wildman–Crippen MR) is 116 cm³/mol. The number of sulfone groups is 1. The van der Waals surface area contributed by atoms with Crippen LogP contribution in [-0.4, -0.2) is 44.0 Å². The van der Waals surface area contributed by atoms with Gasteiger partial charge in [0.2, 0.25) is 11.8 Å². The fourth-order valence-electron chi connectivity index (χ4n) is 3.71. The van der Waals surface area contributed by atoms with E-state index in [0.29, 0.717) is 19.4 Å². The van der Waals surface area contributed by atoms with Crippen LogP contribution in [0.4, 0.5) is 0 Å². The summed E-state index contributed by atoms with van der Waals surface area (Å²) in [7, 11) is -3.25. The van der Waals surface area contributed by atoms with Crippen molar-refractivity contribution in [2.75, 3.05) is 18.8 Å². The number of piperidine rings is 1. The average molecular weight is 429 g/mol. The number of amides is 2. The van der Waals surface area contributed by atoms with Crippen molar-refractivity contribution in [1.82, 2.24) is 10.2 Å². The minimum atomic E-state index is -3.25. The fourth-order valence-corrected chi connectivity index (χ4v) is 5.14. The molecular formula is C23H28N2O4S. The molecule has 0 bridgehead atoms.